The Kier molecular flexibility index (Phi) is 6.34. The lowest BCUT2D eigenvalue weighted by atomic mass is 10.0. The maximum atomic E-state index is 13.2. The molecule has 1 amide bonds. The molecule has 152 valence electrons. The first-order chi connectivity index (χ1) is 14.5. The molecule has 3 aromatic rings. The van der Waals surface area contributed by atoms with E-state index in [0.29, 0.717) is 31.6 Å². The fraction of sp³-hybridized carbons (Fsp3) is 0.130. The average molecular weight is 474 g/mol. The minimum atomic E-state index is -0.219. The molecule has 3 nitrogen and oxygen atoms in total. The van der Waals surface area contributed by atoms with Gasteiger partial charge in [-0.25, -0.2) is 0 Å². The Morgan fingerprint density at radius 2 is 1.93 bits per heavy atom. The van der Waals surface area contributed by atoms with Crippen molar-refractivity contribution in [2.75, 3.05) is 11.5 Å². The second-order valence-electron chi connectivity index (χ2n) is 6.66. The fourth-order valence-electron chi connectivity index (χ4n) is 3.23. The van der Waals surface area contributed by atoms with E-state index in [2.05, 4.69) is 6.92 Å². The number of halogens is 2. The van der Waals surface area contributed by atoms with Gasteiger partial charge in [-0.05, 0) is 47.5 Å². The molecule has 0 aromatic heterocycles. The van der Waals surface area contributed by atoms with Crippen LogP contribution < -0.4 is 9.64 Å². The predicted molar refractivity (Wildman–Crippen MR) is 132 cm³/mol. The van der Waals surface area contributed by atoms with Crippen molar-refractivity contribution in [1.82, 2.24) is 0 Å². The van der Waals surface area contributed by atoms with Crippen molar-refractivity contribution in [2.45, 2.75) is 13.3 Å². The Hall–Kier alpha value is -2.05. The van der Waals surface area contributed by atoms with Crippen LogP contribution in [0.4, 0.5) is 5.69 Å². The number of carbonyl (C=O) groups is 1. The van der Waals surface area contributed by atoms with Crippen molar-refractivity contribution in [3.8, 4) is 5.75 Å². The molecule has 0 radical (unpaired) electrons. The van der Waals surface area contributed by atoms with Crippen LogP contribution in [0.15, 0.2) is 59.5 Å². The van der Waals surface area contributed by atoms with Gasteiger partial charge in [-0.1, -0.05) is 84.4 Å². The molecule has 0 saturated carbocycles. The number of rotatable bonds is 5. The summed E-state index contributed by atoms with van der Waals surface area (Å²) in [6.45, 7) is 2.65. The molecule has 0 N–H and O–H groups in total. The lowest BCUT2D eigenvalue weighted by molar-refractivity contribution is -0.113. The first kappa shape index (κ1) is 21.2. The summed E-state index contributed by atoms with van der Waals surface area (Å²) in [6.07, 6.45) is 2.75. The van der Waals surface area contributed by atoms with Crippen LogP contribution in [-0.4, -0.2) is 16.8 Å². The van der Waals surface area contributed by atoms with Gasteiger partial charge >= 0.3 is 0 Å². The maximum Gasteiger partial charge on any atom is 0.270 e. The number of hydrogen-bond acceptors (Lipinski definition) is 4. The third kappa shape index (κ3) is 4.08. The summed E-state index contributed by atoms with van der Waals surface area (Å²) in [6, 6.07) is 17.0. The normalized spacial score (nSPS) is 15.4. The molecule has 0 atom stereocenters. The van der Waals surface area contributed by atoms with E-state index < -0.39 is 0 Å². The zero-order valence-electron chi connectivity index (χ0n) is 16.0. The maximum absolute atomic E-state index is 13.2. The van der Waals surface area contributed by atoms with E-state index in [9.17, 15) is 4.79 Å². The molecule has 0 bridgehead atoms. The van der Waals surface area contributed by atoms with E-state index >= 15 is 0 Å². The summed E-state index contributed by atoms with van der Waals surface area (Å²) in [7, 11) is 0. The fourth-order valence-corrected chi connectivity index (χ4v) is 4.99. The van der Waals surface area contributed by atoms with Gasteiger partial charge in [-0.3, -0.25) is 9.69 Å². The number of hydrogen-bond donors (Lipinski definition) is 0. The number of fused-ring (bicyclic) bond motifs is 1. The number of amides is 1. The molecule has 30 heavy (non-hydrogen) atoms. The van der Waals surface area contributed by atoms with Crippen LogP contribution in [0.2, 0.25) is 10.0 Å². The van der Waals surface area contributed by atoms with Gasteiger partial charge in [0.05, 0.1) is 22.2 Å². The molecule has 1 saturated heterocycles. The summed E-state index contributed by atoms with van der Waals surface area (Å²) < 4.78 is 6.39. The number of carbonyl (C=O) groups excluding carboxylic acids is 1. The van der Waals surface area contributed by atoms with Gasteiger partial charge < -0.3 is 4.74 Å². The smallest absolute Gasteiger partial charge is 0.270 e. The van der Waals surface area contributed by atoms with Gasteiger partial charge in [0, 0.05) is 10.6 Å². The van der Waals surface area contributed by atoms with Crippen molar-refractivity contribution in [1.29, 1.82) is 0 Å². The van der Waals surface area contributed by atoms with E-state index in [0.717, 1.165) is 28.5 Å². The van der Waals surface area contributed by atoms with Gasteiger partial charge in [0.25, 0.3) is 5.91 Å². The predicted octanol–water partition coefficient (Wildman–Crippen LogP) is 7.34. The van der Waals surface area contributed by atoms with E-state index in [4.69, 9.17) is 40.2 Å². The van der Waals surface area contributed by atoms with E-state index in [1.54, 1.807) is 18.2 Å². The second kappa shape index (κ2) is 8.98. The monoisotopic (exact) mass is 473 g/mol. The van der Waals surface area contributed by atoms with Gasteiger partial charge in [0.1, 0.15) is 5.75 Å². The lowest BCUT2D eigenvalue weighted by Gasteiger charge is -2.16. The molecule has 1 fully saturated rings. The number of thioether (sulfide) groups is 1. The Morgan fingerprint density at radius 3 is 2.70 bits per heavy atom. The van der Waals surface area contributed by atoms with Crippen molar-refractivity contribution in [3.63, 3.8) is 0 Å². The molecule has 0 aliphatic carbocycles. The number of nitrogens with zero attached hydrogens (tertiary/aromatic N) is 1. The van der Waals surface area contributed by atoms with Crippen LogP contribution in [0, 0.1) is 0 Å². The molecule has 1 aliphatic rings. The quantitative estimate of drug-likeness (QED) is 0.286. The number of anilines is 1. The minimum Gasteiger partial charge on any atom is -0.493 e. The van der Waals surface area contributed by atoms with Crippen molar-refractivity contribution in [2.24, 2.45) is 0 Å². The number of benzene rings is 3. The van der Waals surface area contributed by atoms with Crippen molar-refractivity contribution in [3.05, 3.63) is 75.1 Å². The summed E-state index contributed by atoms with van der Waals surface area (Å²) in [5, 5.41) is 2.96. The highest BCUT2D eigenvalue weighted by Crippen LogP contribution is 2.41. The Bertz CT molecular complexity index is 1190. The highest BCUT2D eigenvalue weighted by molar-refractivity contribution is 8.27. The summed E-state index contributed by atoms with van der Waals surface area (Å²) in [5.74, 6) is 0.522. The van der Waals surface area contributed by atoms with Crippen LogP contribution >= 0.6 is 47.2 Å². The topological polar surface area (TPSA) is 29.5 Å². The largest absolute Gasteiger partial charge is 0.493 e. The third-order valence-electron chi connectivity index (χ3n) is 4.61. The van der Waals surface area contributed by atoms with Crippen molar-refractivity contribution >= 4 is 79.9 Å². The van der Waals surface area contributed by atoms with Gasteiger partial charge in [0.15, 0.2) is 4.32 Å². The molecule has 4 rings (SSSR count). The molecule has 1 heterocycles. The number of ether oxygens (including phenoxy) is 1. The van der Waals surface area contributed by atoms with E-state index in [1.807, 2.05) is 42.5 Å². The highest BCUT2D eigenvalue weighted by atomic mass is 35.5. The van der Waals surface area contributed by atoms with Crippen LogP contribution in [0.1, 0.15) is 18.9 Å². The number of thiocarbonyl (C=S) groups is 1. The average Bonchev–Trinajstić information content (AvgIpc) is 3.01. The highest BCUT2D eigenvalue weighted by Gasteiger charge is 2.34. The molecule has 0 unspecified atom stereocenters. The third-order valence-corrected chi connectivity index (χ3v) is 6.45. The minimum absolute atomic E-state index is 0.219. The zero-order chi connectivity index (χ0) is 21.3. The Balaban J connectivity index is 1.79. The first-order valence-corrected chi connectivity index (χ1v) is 11.3. The SMILES string of the molecule is CCCOc1ccc2ccccc2c1/C=C1/SC(=S)N(c2ccc(Cl)cc2Cl)C1=O. The Labute approximate surface area is 194 Å². The zero-order valence-corrected chi connectivity index (χ0v) is 19.2. The van der Waals surface area contributed by atoms with Crippen LogP contribution in [-0.2, 0) is 4.79 Å². The molecular weight excluding hydrogens is 457 g/mol. The molecule has 1 aliphatic heterocycles. The molecular formula is C23H17Cl2NO2S2. The van der Waals surface area contributed by atoms with Gasteiger partial charge in [0.2, 0.25) is 0 Å². The summed E-state index contributed by atoms with van der Waals surface area (Å²) in [4.78, 5) is 15.2. The first-order valence-electron chi connectivity index (χ1n) is 9.37. The molecule has 7 heteroatoms. The molecule has 3 aromatic carbocycles. The van der Waals surface area contributed by atoms with Crippen LogP contribution in [0.3, 0.4) is 0 Å². The van der Waals surface area contributed by atoms with Crippen LogP contribution in [0.25, 0.3) is 16.8 Å². The van der Waals surface area contributed by atoms with Gasteiger partial charge in [-0.2, -0.15) is 0 Å². The second-order valence-corrected chi connectivity index (χ2v) is 9.18. The summed E-state index contributed by atoms with van der Waals surface area (Å²) in [5.41, 5.74) is 1.39. The van der Waals surface area contributed by atoms with Crippen molar-refractivity contribution < 1.29 is 9.53 Å². The summed E-state index contributed by atoms with van der Waals surface area (Å²) >= 11 is 19.1. The van der Waals surface area contributed by atoms with E-state index in [1.165, 1.54) is 16.7 Å². The van der Waals surface area contributed by atoms with Crippen LogP contribution in [0.5, 0.6) is 5.75 Å². The van der Waals surface area contributed by atoms with E-state index in [-0.39, 0.29) is 5.91 Å². The molecule has 0 spiro atoms. The standard InChI is InChI=1S/C23H17Cl2NO2S2/c1-2-11-28-20-10-7-14-5-3-4-6-16(14)17(20)13-21-22(27)26(23(29)30-21)19-9-8-15(24)12-18(19)25/h3-10,12-13H,2,11H2,1H3/b21-13+. The lowest BCUT2D eigenvalue weighted by Crippen LogP contribution is -2.27. The Morgan fingerprint density at radius 1 is 1.13 bits per heavy atom. The van der Waals surface area contributed by atoms with Gasteiger partial charge in [-0.15, -0.1) is 0 Å².